The number of morpholine rings is 1. The number of alkyl halides is 3. The molecule has 1 aliphatic rings. The molecule has 20 heavy (non-hydrogen) atoms. The van der Waals surface area contributed by atoms with Gasteiger partial charge in [0.15, 0.2) is 0 Å². The van der Waals surface area contributed by atoms with Crippen molar-refractivity contribution in [3.05, 3.63) is 29.8 Å². The van der Waals surface area contributed by atoms with E-state index in [-0.39, 0.29) is 0 Å². The third-order valence-corrected chi connectivity index (χ3v) is 3.64. The molecule has 1 aromatic carbocycles. The summed E-state index contributed by atoms with van der Waals surface area (Å²) in [6, 6.07) is 7.56. The van der Waals surface area contributed by atoms with Crippen LogP contribution in [0.2, 0.25) is 0 Å². The number of benzene rings is 1. The van der Waals surface area contributed by atoms with Crippen molar-refractivity contribution in [1.29, 1.82) is 0 Å². The van der Waals surface area contributed by atoms with Crippen LogP contribution in [-0.4, -0.2) is 36.0 Å². The van der Waals surface area contributed by atoms with E-state index in [9.17, 15) is 4.79 Å². The lowest BCUT2D eigenvalue weighted by Crippen LogP contribution is -3.12. The van der Waals surface area contributed by atoms with Crippen LogP contribution in [0, 0.1) is 0 Å². The van der Waals surface area contributed by atoms with Gasteiger partial charge in [-0.15, -0.1) is 0 Å². The summed E-state index contributed by atoms with van der Waals surface area (Å²) in [5.74, 6) is -0.658. The Kier molecular flexibility index (Phi) is 5.52. The predicted octanol–water partition coefficient (Wildman–Crippen LogP) is 1.41. The Morgan fingerprint density at radius 2 is 1.80 bits per heavy atom. The molecule has 1 aromatic rings. The highest BCUT2D eigenvalue weighted by atomic mass is 35.6. The zero-order valence-electron chi connectivity index (χ0n) is 10.8. The van der Waals surface area contributed by atoms with E-state index in [1.807, 2.05) is 24.3 Å². The number of carbonyl (C=O) groups is 1. The molecule has 1 amide bonds. The van der Waals surface area contributed by atoms with Gasteiger partial charge in [-0.05, 0) is 12.1 Å². The fraction of sp³-hybridized carbons (Fsp3) is 0.462. The van der Waals surface area contributed by atoms with E-state index in [4.69, 9.17) is 39.5 Å². The second-order valence-corrected chi connectivity index (χ2v) is 6.97. The van der Waals surface area contributed by atoms with Crippen LogP contribution in [0.5, 0.6) is 0 Å². The Morgan fingerprint density at radius 1 is 1.20 bits per heavy atom. The molecule has 1 heterocycles. The van der Waals surface area contributed by atoms with Crippen molar-refractivity contribution < 1.29 is 14.4 Å². The molecule has 1 saturated heterocycles. The molecule has 1 aliphatic heterocycles. The van der Waals surface area contributed by atoms with Gasteiger partial charge in [0.25, 0.3) is 9.70 Å². The summed E-state index contributed by atoms with van der Waals surface area (Å²) in [5, 5.41) is 2.55. The first-order chi connectivity index (χ1) is 9.45. The van der Waals surface area contributed by atoms with Gasteiger partial charge in [-0.1, -0.05) is 46.9 Å². The molecule has 110 valence electrons. The number of carbonyl (C=O) groups excluding carboxylic acids is 1. The first-order valence-corrected chi connectivity index (χ1v) is 7.47. The Hall–Kier alpha value is -0.520. The average Bonchev–Trinajstić information content (AvgIpc) is 2.41. The van der Waals surface area contributed by atoms with E-state index < -0.39 is 9.70 Å². The molecule has 0 radical (unpaired) electrons. The van der Waals surface area contributed by atoms with E-state index in [2.05, 4.69) is 5.32 Å². The Balaban J connectivity index is 1.91. The van der Waals surface area contributed by atoms with Gasteiger partial charge < -0.3 is 15.0 Å². The maximum atomic E-state index is 11.5. The highest BCUT2D eigenvalue weighted by Gasteiger charge is 2.30. The molecule has 0 bridgehead atoms. The number of anilines is 1. The molecule has 0 unspecified atom stereocenters. The van der Waals surface area contributed by atoms with Crippen LogP contribution in [0.25, 0.3) is 0 Å². The summed E-state index contributed by atoms with van der Waals surface area (Å²) in [7, 11) is 0. The summed E-state index contributed by atoms with van der Waals surface area (Å²) in [4.78, 5) is 13.0. The fourth-order valence-corrected chi connectivity index (χ4v) is 2.18. The molecule has 0 aliphatic carbocycles. The van der Waals surface area contributed by atoms with Crippen molar-refractivity contribution in [3.8, 4) is 0 Å². The van der Waals surface area contributed by atoms with Crippen LogP contribution in [0.3, 0.4) is 0 Å². The van der Waals surface area contributed by atoms with Gasteiger partial charge in [-0.25, -0.2) is 0 Å². The Labute approximate surface area is 132 Å². The molecule has 4 nitrogen and oxygen atoms in total. The molecular formula is C13H16Cl3N2O2+. The third kappa shape index (κ3) is 4.79. The standard InChI is InChI=1S/C13H15Cl3N2O2/c14-13(15,16)12(19)17-11-3-1-10(2-4-11)9-18-5-7-20-8-6-18/h1-4H,5-9H2,(H,17,19)/p+1. The Bertz CT molecular complexity index is 454. The lowest BCUT2D eigenvalue weighted by molar-refractivity contribution is -0.921. The lowest BCUT2D eigenvalue weighted by Gasteiger charge is -2.23. The van der Waals surface area contributed by atoms with Crippen LogP contribution in [0.15, 0.2) is 24.3 Å². The van der Waals surface area contributed by atoms with Crippen molar-refractivity contribution in [1.82, 2.24) is 0 Å². The molecule has 0 saturated carbocycles. The number of quaternary nitrogens is 1. The average molecular weight is 339 g/mol. The molecule has 0 atom stereocenters. The van der Waals surface area contributed by atoms with Crippen molar-refractivity contribution >= 4 is 46.4 Å². The summed E-state index contributed by atoms with van der Waals surface area (Å²) in [6.45, 7) is 4.61. The van der Waals surface area contributed by atoms with Gasteiger partial charge in [0.1, 0.15) is 19.6 Å². The number of hydrogen-bond donors (Lipinski definition) is 2. The zero-order valence-corrected chi connectivity index (χ0v) is 13.1. The number of ether oxygens (including phenoxy) is 1. The molecule has 1 fully saturated rings. The fourth-order valence-electron chi connectivity index (χ4n) is 2.03. The maximum absolute atomic E-state index is 11.5. The van der Waals surface area contributed by atoms with Crippen LogP contribution < -0.4 is 10.2 Å². The van der Waals surface area contributed by atoms with Crippen LogP contribution in [0.4, 0.5) is 5.69 Å². The second-order valence-electron chi connectivity index (χ2n) is 4.69. The highest BCUT2D eigenvalue weighted by molar-refractivity contribution is 6.76. The Morgan fingerprint density at radius 3 is 2.35 bits per heavy atom. The number of rotatable bonds is 3. The van der Waals surface area contributed by atoms with Gasteiger partial charge in [-0.3, -0.25) is 4.79 Å². The monoisotopic (exact) mass is 337 g/mol. The van der Waals surface area contributed by atoms with E-state index in [1.54, 1.807) is 0 Å². The lowest BCUT2D eigenvalue weighted by atomic mass is 10.2. The van der Waals surface area contributed by atoms with Crippen molar-refractivity contribution in [2.24, 2.45) is 0 Å². The first kappa shape index (κ1) is 15.9. The van der Waals surface area contributed by atoms with Gasteiger partial charge >= 0.3 is 0 Å². The van der Waals surface area contributed by atoms with Gasteiger partial charge in [0, 0.05) is 11.3 Å². The minimum atomic E-state index is -1.95. The first-order valence-electron chi connectivity index (χ1n) is 6.33. The van der Waals surface area contributed by atoms with Gasteiger partial charge in [0.05, 0.1) is 13.2 Å². The summed E-state index contributed by atoms with van der Waals surface area (Å²) < 4.78 is 3.38. The summed E-state index contributed by atoms with van der Waals surface area (Å²) in [6.07, 6.45) is 0. The van der Waals surface area contributed by atoms with E-state index >= 15 is 0 Å². The smallest absolute Gasteiger partial charge is 0.276 e. The largest absolute Gasteiger partial charge is 0.370 e. The van der Waals surface area contributed by atoms with Crippen molar-refractivity contribution in [2.45, 2.75) is 10.3 Å². The van der Waals surface area contributed by atoms with Crippen molar-refractivity contribution in [2.75, 3.05) is 31.6 Å². The van der Waals surface area contributed by atoms with E-state index in [1.165, 1.54) is 10.5 Å². The third-order valence-electron chi connectivity index (χ3n) is 3.12. The normalized spacial score (nSPS) is 16.9. The van der Waals surface area contributed by atoms with Gasteiger partial charge in [0.2, 0.25) is 0 Å². The molecule has 7 heteroatoms. The highest BCUT2D eigenvalue weighted by Crippen LogP contribution is 2.27. The number of amides is 1. The van der Waals surface area contributed by atoms with Crippen LogP contribution in [-0.2, 0) is 16.1 Å². The number of hydrogen-bond acceptors (Lipinski definition) is 2. The SMILES string of the molecule is O=C(Nc1ccc(C[NH+]2CCOCC2)cc1)C(Cl)(Cl)Cl. The summed E-state index contributed by atoms with van der Waals surface area (Å²) in [5.41, 5.74) is 1.82. The van der Waals surface area contributed by atoms with Crippen molar-refractivity contribution in [3.63, 3.8) is 0 Å². The molecule has 2 N–H and O–H groups in total. The van der Waals surface area contributed by atoms with E-state index in [0.29, 0.717) is 5.69 Å². The van der Waals surface area contributed by atoms with Gasteiger partial charge in [-0.2, -0.15) is 0 Å². The second kappa shape index (κ2) is 6.96. The van der Waals surface area contributed by atoms with E-state index in [0.717, 1.165) is 32.8 Å². The molecule has 2 rings (SSSR count). The summed E-state index contributed by atoms with van der Waals surface area (Å²) >= 11 is 16.5. The predicted molar refractivity (Wildman–Crippen MR) is 80.6 cm³/mol. The maximum Gasteiger partial charge on any atom is 0.276 e. The minimum absolute atomic E-state index is 0.613. The molecule has 0 aromatic heterocycles. The quantitative estimate of drug-likeness (QED) is 0.819. The zero-order chi connectivity index (χ0) is 14.6. The minimum Gasteiger partial charge on any atom is -0.370 e. The topological polar surface area (TPSA) is 42.8 Å². The molecular weight excluding hydrogens is 323 g/mol. The number of halogens is 3. The van der Waals surface area contributed by atoms with Crippen LogP contribution in [0.1, 0.15) is 5.56 Å². The number of nitrogens with one attached hydrogen (secondary N) is 2. The molecule has 0 spiro atoms. The van der Waals surface area contributed by atoms with Crippen LogP contribution >= 0.6 is 34.8 Å².